The van der Waals surface area contributed by atoms with Crippen molar-refractivity contribution in [1.82, 2.24) is 20.1 Å². The molecule has 0 spiro atoms. The zero-order chi connectivity index (χ0) is 26.1. The molecule has 2 aromatic heterocycles. The van der Waals surface area contributed by atoms with Gasteiger partial charge in [-0.25, -0.2) is 0 Å². The van der Waals surface area contributed by atoms with Crippen LogP contribution in [0.4, 0.5) is 5.82 Å². The minimum absolute atomic E-state index is 0.112. The first kappa shape index (κ1) is 24.1. The Bertz CT molecular complexity index is 1490. The first-order chi connectivity index (χ1) is 18.6. The van der Waals surface area contributed by atoms with Crippen molar-refractivity contribution in [2.24, 2.45) is 7.05 Å². The van der Waals surface area contributed by atoms with Crippen LogP contribution in [-0.2, 0) is 23.2 Å². The second kappa shape index (κ2) is 10.2. The molecule has 4 heterocycles. The average Bonchev–Trinajstić information content (AvgIpc) is 3.52. The molecule has 0 saturated heterocycles. The molecule has 0 aliphatic carbocycles. The summed E-state index contributed by atoms with van der Waals surface area (Å²) in [5, 5.41) is 7.56. The summed E-state index contributed by atoms with van der Waals surface area (Å²) in [6, 6.07) is 19.4. The fourth-order valence-electron chi connectivity index (χ4n) is 4.74. The lowest BCUT2D eigenvalue weighted by molar-refractivity contribution is -0.123. The summed E-state index contributed by atoms with van der Waals surface area (Å²) in [4.78, 5) is 32.1. The van der Waals surface area contributed by atoms with Crippen molar-refractivity contribution in [3.05, 3.63) is 89.7 Å². The van der Waals surface area contributed by atoms with Gasteiger partial charge in [0.15, 0.2) is 11.5 Å². The normalized spacial score (nSPS) is 16.2. The molecule has 38 heavy (non-hydrogen) atoms. The lowest BCUT2D eigenvalue weighted by Gasteiger charge is -2.22. The summed E-state index contributed by atoms with van der Waals surface area (Å²) < 4.78 is 12.9. The van der Waals surface area contributed by atoms with Crippen LogP contribution in [0.3, 0.4) is 0 Å². The zero-order valence-corrected chi connectivity index (χ0v) is 21.5. The smallest absolute Gasteiger partial charge is 0.240 e. The molecule has 2 aliphatic heterocycles. The molecule has 10 heteroatoms. The van der Waals surface area contributed by atoms with Gasteiger partial charge in [-0.15, -0.1) is 11.8 Å². The van der Waals surface area contributed by atoms with Crippen LogP contribution in [-0.4, -0.2) is 45.7 Å². The van der Waals surface area contributed by atoms with Crippen molar-refractivity contribution in [3.8, 4) is 22.8 Å². The minimum atomic E-state index is -0.255. The Morgan fingerprint density at radius 2 is 1.87 bits per heavy atom. The molecule has 2 amide bonds. The topological polar surface area (TPSA) is 98.6 Å². The summed E-state index contributed by atoms with van der Waals surface area (Å²) >= 11 is 1.52. The van der Waals surface area contributed by atoms with E-state index in [4.69, 9.17) is 14.6 Å². The molecule has 0 bridgehead atoms. The van der Waals surface area contributed by atoms with Crippen LogP contribution < -0.4 is 19.7 Å². The predicted octanol–water partition coefficient (Wildman–Crippen LogP) is 3.70. The third-order valence-corrected chi connectivity index (χ3v) is 7.79. The van der Waals surface area contributed by atoms with E-state index in [0.717, 1.165) is 27.9 Å². The highest BCUT2D eigenvalue weighted by Crippen LogP contribution is 2.49. The SMILES string of the molecule is Cn1nc(-c2ccccc2)c2c1N(CC(=O)NCc1ccncc1)C(=O)CSC2c1ccc2c(c1)OCO2. The van der Waals surface area contributed by atoms with E-state index >= 15 is 0 Å². The van der Waals surface area contributed by atoms with E-state index in [-0.39, 0.29) is 36.2 Å². The Kier molecular flexibility index (Phi) is 6.47. The Hall–Kier alpha value is -4.31. The number of carbonyl (C=O) groups excluding carboxylic acids is 2. The van der Waals surface area contributed by atoms with Crippen molar-refractivity contribution < 1.29 is 19.1 Å². The third kappa shape index (κ3) is 4.58. The number of ether oxygens (including phenoxy) is 2. The number of aryl methyl sites for hydroxylation is 1. The van der Waals surface area contributed by atoms with Gasteiger partial charge in [0.2, 0.25) is 18.6 Å². The number of benzene rings is 2. The number of amides is 2. The van der Waals surface area contributed by atoms with Gasteiger partial charge in [0.05, 0.1) is 16.7 Å². The molecule has 0 saturated carbocycles. The van der Waals surface area contributed by atoms with E-state index < -0.39 is 0 Å². The van der Waals surface area contributed by atoms with Crippen molar-refractivity contribution in [2.45, 2.75) is 11.8 Å². The second-order valence-electron chi connectivity index (χ2n) is 8.99. The molecule has 6 rings (SSSR count). The zero-order valence-electron chi connectivity index (χ0n) is 20.7. The van der Waals surface area contributed by atoms with E-state index in [1.165, 1.54) is 11.8 Å². The first-order valence-electron chi connectivity index (χ1n) is 12.2. The molecule has 2 aliphatic rings. The van der Waals surface area contributed by atoms with Crippen molar-refractivity contribution in [2.75, 3.05) is 24.0 Å². The highest BCUT2D eigenvalue weighted by molar-refractivity contribution is 8.00. The van der Waals surface area contributed by atoms with Crippen LogP contribution in [0.15, 0.2) is 73.1 Å². The maximum absolute atomic E-state index is 13.5. The molecule has 1 N–H and O–H groups in total. The molecule has 0 fully saturated rings. The monoisotopic (exact) mass is 527 g/mol. The van der Waals surface area contributed by atoms with Gasteiger partial charge >= 0.3 is 0 Å². The van der Waals surface area contributed by atoms with Crippen molar-refractivity contribution in [1.29, 1.82) is 0 Å². The van der Waals surface area contributed by atoms with E-state index in [0.29, 0.717) is 23.9 Å². The highest BCUT2D eigenvalue weighted by Gasteiger charge is 2.37. The number of thioether (sulfide) groups is 1. The van der Waals surface area contributed by atoms with Gasteiger partial charge in [0.1, 0.15) is 12.4 Å². The molecular formula is C28H25N5O4S. The summed E-state index contributed by atoms with van der Waals surface area (Å²) in [5.74, 6) is 1.79. The van der Waals surface area contributed by atoms with Gasteiger partial charge in [0.25, 0.3) is 0 Å². The number of hydrogen-bond donors (Lipinski definition) is 1. The number of nitrogens with zero attached hydrogens (tertiary/aromatic N) is 4. The van der Waals surface area contributed by atoms with Crippen LogP contribution in [0.1, 0.15) is 21.9 Å². The van der Waals surface area contributed by atoms with E-state index in [1.807, 2.05) is 67.7 Å². The third-order valence-electron chi connectivity index (χ3n) is 6.53. The lowest BCUT2D eigenvalue weighted by Crippen LogP contribution is -2.42. The number of anilines is 1. The summed E-state index contributed by atoms with van der Waals surface area (Å²) in [5.41, 5.74) is 4.50. The number of rotatable bonds is 6. The quantitative estimate of drug-likeness (QED) is 0.408. The molecule has 1 unspecified atom stereocenters. The predicted molar refractivity (Wildman–Crippen MR) is 144 cm³/mol. The number of aromatic nitrogens is 3. The van der Waals surface area contributed by atoms with Crippen LogP contribution in [0.25, 0.3) is 11.3 Å². The van der Waals surface area contributed by atoms with E-state index in [9.17, 15) is 9.59 Å². The molecule has 1 atom stereocenters. The highest BCUT2D eigenvalue weighted by atomic mass is 32.2. The molecule has 4 aromatic rings. The number of pyridine rings is 1. The Morgan fingerprint density at radius 3 is 2.68 bits per heavy atom. The van der Waals surface area contributed by atoms with E-state index in [2.05, 4.69) is 10.3 Å². The van der Waals surface area contributed by atoms with Gasteiger partial charge in [-0.3, -0.25) is 24.2 Å². The first-order valence-corrected chi connectivity index (χ1v) is 13.2. The van der Waals surface area contributed by atoms with Gasteiger partial charge in [-0.2, -0.15) is 5.10 Å². The second-order valence-corrected chi connectivity index (χ2v) is 10.1. The maximum Gasteiger partial charge on any atom is 0.240 e. The average molecular weight is 528 g/mol. The van der Waals surface area contributed by atoms with Gasteiger partial charge in [0, 0.05) is 37.1 Å². The number of hydrogen-bond acceptors (Lipinski definition) is 7. The van der Waals surface area contributed by atoms with Crippen LogP contribution >= 0.6 is 11.8 Å². The van der Waals surface area contributed by atoms with Crippen molar-refractivity contribution >= 4 is 29.4 Å². The van der Waals surface area contributed by atoms with Crippen LogP contribution in [0.2, 0.25) is 0 Å². The van der Waals surface area contributed by atoms with Crippen LogP contribution in [0, 0.1) is 0 Å². The Labute approximate surface area is 223 Å². The van der Waals surface area contributed by atoms with Gasteiger partial charge in [-0.1, -0.05) is 36.4 Å². The Morgan fingerprint density at radius 1 is 1.08 bits per heavy atom. The standard InChI is InChI=1S/C28H25N5O4S/c1-32-28-25(26(31-32)19-5-3-2-4-6-19)27(20-7-8-21-22(13-20)37-17-36-21)38-16-24(35)33(28)15-23(34)30-14-18-9-11-29-12-10-18/h2-13,27H,14-17H2,1H3,(H,30,34). The number of fused-ring (bicyclic) bond motifs is 2. The largest absolute Gasteiger partial charge is 0.454 e. The minimum Gasteiger partial charge on any atom is -0.454 e. The maximum atomic E-state index is 13.5. The summed E-state index contributed by atoms with van der Waals surface area (Å²) in [6.07, 6.45) is 3.36. The Balaban J connectivity index is 1.40. The fourth-order valence-corrected chi connectivity index (χ4v) is 5.93. The molecule has 2 aromatic carbocycles. The van der Waals surface area contributed by atoms with Gasteiger partial charge < -0.3 is 14.8 Å². The molecule has 192 valence electrons. The van der Waals surface area contributed by atoms with Crippen LogP contribution in [0.5, 0.6) is 11.5 Å². The summed E-state index contributed by atoms with van der Waals surface area (Å²) in [6.45, 7) is 0.426. The summed E-state index contributed by atoms with van der Waals surface area (Å²) in [7, 11) is 1.81. The molecule has 0 radical (unpaired) electrons. The molecular weight excluding hydrogens is 502 g/mol. The fraction of sp³-hybridized carbons (Fsp3) is 0.214. The van der Waals surface area contributed by atoms with E-state index in [1.54, 1.807) is 22.0 Å². The van der Waals surface area contributed by atoms with Gasteiger partial charge in [-0.05, 0) is 35.4 Å². The lowest BCUT2D eigenvalue weighted by atomic mass is 9.99. The number of carbonyl (C=O) groups is 2. The number of nitrogens with one attached hydrogen (secondary N) is 1. The van der Waals surface area contributed by atoms with Crippen molar-refractivity contribution in [3.63, 3.8) is 0 Å². The molecule has 9 nitrogen and oxygen atoms in total.